The second-order valence-electron chi connectivity index (χ2n) is 5.05. The van der Waals surface area contributed by atoms with Crippen LogP contribution in [-0.2, 0) is 11.3 Å². The van der Waals surface area contributed by atoms with Crippen molar-refractivity contribution in [3.05, 3.63) is 35.9 Å². The second-order valence-corrected chi connectivity index (χ2v) is 5.05. The average molecular weight is 245 g/mol. The molecule has 0 amide bonds. The molecule has 2 aliphatic heterocycles. The highest BCUT2D eigenvalue weighted by atomic mass is 16.5. The molecule has 96 valence electrons. The fraction of sp³-hybridized carbons (Fsp3) is 0.500. The van der Waals surface area contributed by atoms with Gasteiger partial charge in [-0.05, 0) is 24.8 Å². The van der Waals surface area contributed by atoms with E-state index in [4.69, 9.17) is 10.5 Å². The zero-order valence-electron chi connectivity index (χ0n) is 10.4. The van der Waals surface area contributed by atoms with Gasteiger partial charge in [0, 0.05) is 0 Å². The summed E-state index contributed by atoms with van der Waals surface area (Å²) in [6, 6.07) is 10.5. The smallest absolute Gasteiger partial charge is 0.189 e. The summed E-state index contributed by atoms with van der Waals surface area (Å²) in [5, 5.41) is 3.28. The first-order valence-electron chi connectivity index (χ1n) is 6.57. The molecule has 2 aliphatic rings. The van der Waals surface area contributed by atoms with Gasteiger partial charge in [-0.15, -0.1) is 0 Å². The highest BCUT2D eigenvalue weighted by Crippen LogP contribution is 2.34. The van der Waals surface area contributed by atoms with E-state index in [1.165, 1.54) is 12.0 Å². The van der Waals surface area contributed by atoms with Crippen molar-refractivity contribution in [1.29, 1.82) is 0 Å². The molecule has 3 unspecified atom stereocenters. The maximum Gasteiger partial charge on any atom is 0.189 e. The molecule has 18 heavy (non-hydrogen) atoms. The third-order valence-corrected chi connectivity index (χ3v) is 3.71. The maximum atomic E-state index is 5.92. The molecule has 3 atom stereocenters. The third-order valence-electron chi connectivity index (χ3n) is 3.71. The summed E-state index contributed by atoms with van der Waals surface area (Å²) >= 11 is 0. The Kier molecular flexibility index (Phi) is 3.19. The molecule has 4 nitrogen and oxygen atoms in total. The van der Waals surface area contributed by atoms with Crippen molar-refractivity contribution in [1.82, 2.24) is 5.32 Å². The van der Waals surface area contributed by atoms with Gasteiger partial charge >= 0.3 is 0 Å². The molecule has 0 spiro atoms. The van der Waals surface area contributed by atoms with Crippen LogP contribution in [0.1, 0.15) is 24.8 Å². The lowest BCUT2D eigenvalue weighted by Gasteiger charge is -2.20. The number of hydrogen-bond acceptors (Lipinski definition) is 2. The summed E-state index contributed by atoms with van der Waals surface area (Å²) in [6.07, 6.45) is 4.18. The van der Waals surface area contributed by atoms with E-state index in [1.54, 1.807) is 0 Å². The summed E-state index contributed by atoms with van der Waals surface area (Å²) in [7, 11) is 0. The van der Waals surface area contributed by atoms with Crippen molar-refractivity contribution in [2.45, 2.75) is 44.1 Å². The molecule has 1 aromatic rings. The van der Waals surface area contributed by atoms with Crippen LogP contribution in [0, 0.1) is 0 Å². The maximum absolute atomic E-state index is 5.92. The monoisotopic (exact) mass is 245 g/mol. The van der Waals surface area contributed by atoms with Crippen LogP contribution in [0.2, 0.25) is 0 Å². The van der Waals surface area contributed by atoms with Crippen molar-refractivity contribution in [3.8, 4) is 0 Å². The zero-order chi connectivity index (χ0) is 12.4. The van der Waals surface area contributed by atoms with Gasteiger partial charge in [0.1, 0.15) is 0 Å². The van der Waals surface area contributed by atoms with Crippen LogP contribution in [0.3, 0.4) is 0 Å². The summed E-state index contributed by atoms with van der Waals surface area (Å²) < 4.78 is 5.78. The van der Waals surface area contributed by atoms with E-state index in [-0.39, 0.29) is 0 Å². The molecule has 0 aromatic heterocycles. The second kappa shape index (κ2) is 4.98. The van der Waals surface area contributed by atoms with Crippen LogP contribution >= 0.6 is 0 Å². The number of guanidine groups is 1. The number of fused-ring (bicyclic) bond motifs is 2. The molecule has 2 saturated heterocycles. The number of nitrogens with two attached hydrogens (primary N) is 1. The van der Waals surface area contributed by atoms with E-state index < -0.39 is 0 Å². The first-order valence-corrected chi connectivity index (χ1v) is 6.57. The van der Waals surface area contributed by atoms with Crippen molar-refractivity contribution >= 4 is 5.96 Å². The molecule has 3 N–H and O–H groups in total. The SMILES string of the molecule is NC(=NCc1ccccc1)NC1CC2CCC1O2. The highest BCUT2D eigenvalue weighted by molar-refractivity contribution is 5.78. The third kappa shape index (κ3) is 2.48. The molecule has 0 radical (unpaired) electrons. The van der Waals surface area contributed by atoms with Gasteiger partial charge in [-0.3, -0.25) is 0 Å². The Morgan fingerprint density at radius 3 is 2.83 bits per heavy atom. The predicted octanol–water partition coefficient (Wildman–Crippen LogP) is 1.41. The first kappa shape index (κ1) is 11.5. The van der Waals surface area contributed by atoms with E-state index in [9.17, 15) is 0 Å². The summed E-state index contributed by atoms with van der Waals surface area (Å²) in [6.45, 7) is 0.626. The molecular formula is C14H19N3O. The van der Waals surface area contributed by atoms with Crippen LogP contribution in [0.25, 0.3) is 0 Å². The summed E-state index contributed by atoms with van der Waals surface area (Å²) in [5.74, 6) is 0.528. The number of hydrogen-bond donors (Lipinski definition) is 2. The number of ether oxygens (including phenoxy) is 1. The van der Waals surface area contributed by atoms with Gasteiger partial charge in [0.2, 0.25) is 0 Å². The van der Waals surface area contributed by atoms with E-state index in [0.29, 0.717) is 30.8 Å². The normalized spacial score (nSPS) is 30.7. The number of benzene rings is 1. The van der Waals surface area contributed by atoms with Gasteiger partial charge in [0.25, 0.3) is 0 Å². The zero-order valence-corrected chi connectivity index (χ0v) is 10.4. The minimum atomic E-state index is 0.334. The van der Waals surface area contributed by atoms with Gasteiger partial charge in [-0.25, -0.2) is 4.99 Å². The Balaban J connectivity index is 1.53. The number of rotatable bonds is 3. The molecule has 4 heteroatoms. The van der Waals surface area contributed by atoms with E-state index in [2.05, 4.69) is 22.4 Å². The van der Waals surface area contributed by atoms with Crippen LogP contribution in [0.5, 0.6) is 0 Å². The van der Waals surface area contributed by atoms with Gasteiger partial charge in [0.05, 0.1) is 24.8 Å². The number of aliphatic imine (C=N–C) groups is 1. The molecule has 2 fully saturated rings. The Morgan fingerprint density at radius 1 is 1.33 bits per heavy atom. The van der Waals surface area contributed by atoms with Crippen LogP contribution in [0.15, 0.2) is 35.3 Å². The molecule has 0 aliphatic carbocycles. The Morgan fingerprint density at radius 2 is 2.17 bits per heavy atom. The molecule has 2 bridgehead atoms. The van der Waals surface area contributed by atoms with E-state index in [1.807, 2.05) is 18.2 Å². The van der Waals surface area contributed by atoms with Gasteiger partial charge in [-0.2, -0.15) is 0 Å². The minimum absolute atomic E-state index is 0.334. The molecule has 3 rings (SSSR count). The van der Waals surface area contributed by atoms with E-state index >= 15 is 0 Å². The molecule has 2 heterocycles. The fourth-order valence-corrected chi connectivity index (χ4v) is 2.79. The molecular weight excluding hydrogens is 226 g/mol. The molecule has 0 saturated carbocycles. The van der Waals surface area contributed by atoms with Crippen molar-refractivity contribution in [2.75, 3.05) is 0 Å². The Bertz CT molecular complexity index is 432. The first-order chi connectivity index (χ1) is 8.81. The minimum Gasteiger partial charge on any atom is -0.373 e. The fourth-order valence-electron chi connectivity index (χ4n) is 2.79. The Hall–Kier alpha value is -1.55. The summed E-state index contributed by atoms with van der Waals surface area (Å²) in [4.78, 5) is 4.37. The van der Waals surface area contributed by atoms with Crippen molar-refractivity contribution in [2.24, 2.45) is 10.7 Å². The predicted molar refractivity (Wildman–Crippen MR) is 71.2 cm³/mol. The van der Waals surface area contributed by atoms with Crippen LogP contribution in [-0.4, -0.2) is 24.2 Å². The Labute approximate surface area is 107 Å². The number of nitrogens with zero attached hydrogens (tertiary/aromatic N) is 1. The standard InChI is InChI=1S/C14H19N3O/c15-14(16-9-10-4-2-1-3-5-10)17-12-8-11-6-7-13(12)18-11/h1-5,11-13H,6-9H2,(H3,15,16,17). The van der Waals surface area contributed by atoms with Crippen molar-refractivity contribution < 1.29 is 4.74 Å². The lowest BCUT2D eigenvalue weighted by molar-refractivity contribution is 0.0993. The largest absolute Gasteiger partial charge is 0.373 e. The number of nitrogens with one attached hydrogen (secondary N) is 1. The van der Waals surface area contributed by atoms with Crippen LogP contribution in [0.4, 0.5) is 0 Å². The lowest BCUT2D eigenvalue weighted by Crippen LogP contribution is -2.45. The van der Waals surface area contributed by atoms with Gasteiger partial charge in [-0.1, -0.05) is 30.3 Å². The van der Waals surface area contributed by atoms with Gasteiger partial charge < -0.3 is 15.8 Å². The topological polar surface area (TPSA) is 59.6 Å². The lowest BCUT2D eigenvalue weighted by atomic mass is 9.96. The van der Waals surface area contributed by atoms with Crippen molar-refractivity contribution in [3.63, 3.8) is 0 Å². The molecule has 1 aromatic carbocycles. The van der Waals surface area contributed by atoms with E-state index in [0.717, 1.165) is 12.8 Å². The highest BCUT2D eigenvalue weighted by Gasteiger charge is 2.40. The quantitative estimate of drug-likeness (QED) is 0.625. The van der Waals surface area contributed by atoms with Gasteiger partial charge in [0.15, 0.2) is 5.96 Å². The van der Waals surface area contributed by atoms with Crippen LogP contribution < -0.4 is 11.1 Å². The average Bonchev–Trinajstić information content (AvgIpc) is 3.00. The summed E-state index contributed by atoms with van der Waals surface area (Å²) in [5.41, 5.74) is 7.09.